The number of aromatic nitrogens is 1. The van der Waals surface area contributed by atoms with Crippen molar-refractivity contribution in [1.29, 1.82) is 0 Å². The Morgan fingerprint density at radius 2 is 1.83 bits per heavy atom. The summed E-state index contributed by atoms with van der Waals surface area (Å²) in [5, 5.41) is 6.76. The molecule has 0 radical (unpaired) electrons. The number of piperidine rings is 1. The van der Waals surface area contributed by atoms with Crippen LogP contribution in [0.3, 0.4) is 0 Å². The molecule has 9 heteroatoms. The van der Waals surface area contributed by atoms with Crippen molar-refractivity contribution in [3.63, 3.8) is 0 Å². The molecule has 0 aliphatic carbocycles. The minimum Gasteiger partial charge on any atom is -0.370 e. The van der Waals surface area contributed by atoms with Crippen LogP contribution in [0.4, 0.5) is 11.4 Å². The predicted octanol–water partition coefficient (Wildman–Crippen LogP) is 3.56. The standard InChI is InChI=1S/C21H30N4O4S/c1-5-25(6-2)30(27,28)17-10-11-19(24-12-8-7-9-13-24)18(14-17)22-21(26)20-15(3)23-29-16(20)4/h10-11,14H,5-9,12-13H2,1-4H3,(H,22,26). The fourth-order valence-corrected chi connectivity index (χ4v) is 5.38. The summed E-state index contributed by atoms with van der Waals surface area (Å²) >= 11 is 0. The molecule has 1 aromatic heterocycles. The van der Waals surface area contributed by atoms with Gasteiger partial charge in [0.2, 0.25) is 10.0 Å². The second-order valence-corrected chi connectivity index (χ2v) is 9.41. The molecule has 1 amide bonds. The van der Waals surface area contributed by atoms with Crippen LogP contribution in [0, 0.1) is 13.8 Å². The van der Waals surface area contributed by atoms with Crippen LogP contribution in [0.15, 0.2) is 27.6 Å². The minimum absolute atomic E-state index is 0.168. The number of anilines is 2. The summed E-state index contributed by atoms with van der Waals surface area (Å²) in [5.74, 6) is 0.0679. The van der Waals surface area contributed by atoms with Gasteiger partial charge in [0.1, 0.15) is 11.3 Å². The van der Waals surface area contributed by atoms with E-state index in [1.54, 1.807) is 32.0 Å². The molecule has 0 spiro atoms. The highest BCUT2D eigenvalue weighted by atomic mass is 32.2. The van der Waals surface area contributed by atoms with Crippen molar-refractivity contribution in [1.82, 2.24) is 9.46 Å². The molecule has 0 unspecified atom stereocenters. The molecule has 1 aliphatic rings. The summed E-state index contributed by atoms with van der Waals surface area (Å²) in [4.78, 5) is 15.3. The fourth-order valence-electron chi connectivity index (χ4n) is 3.89. The lowest BCUT2D eigenvalue weighted by Gasteiger charge is -2.31. The number of nitrogens with one attached hydrogen (secondary N) is 1. The van der Waals surface area contributed by atoms with E-state index in [1.165, 1.54) is 10.7 Å². The molecule has 3 rings (SSSR count). The van der Waals surface area contributed by atoms with Crippen molar-refractivity contribution in [2.45, 2.75) is 51.9 Å². The maximum Gasteiger partial charge on any atom is 0.261 e. The summed E-state index contributed by atoms with van der Waals surface area (Å²) in [5.41, 5.74) is 2.18. The first-order valence-corrected chi connectivity index (χ1v) is 11.9. The third-order valence-corrected chi connectivity index (χ3v) is 7.56. The van der Waals surface area contributed by atoms with E-state index in [4.69, 9.17) is 4.52 Å². The highest BCUT2D eigenvalue weighted by Crippen LogP contribution is 2.32. The number of benzene rings is 1. The van der Waals surface area contributed by atoms with E-state index in [2.05, 4.69) is 15.4 Å². The minimum atomic E-state index is -3.64. The van der Waals surface area contributed by atoms with Crippen molar-refractivity contribution in [2.24, 2.45) is 0 Å². The molecule has 1 fully saturated rings. The molecular formula is C21H30N4O4S. The van der Waals surface area contributed by atoms with Gasteiger partial charge in [0.15, 0.2) is 0 Å². The number of aryl methyl sites for hydroxylation is 2. The SMILES string of the molecule is CCN(CC)S(=O)(=O)c1ccc(N2CCCCC2)c(NC(=O)c2c(C)noc2C)c1. The highest BCUT2D eigenvalue weighted by Gasteiger charge is 2.26. The second kappa shape index (κ2) is 9.18. The van der Waals surface area contributed by atoms with E-state index >= 15 is 0 Å². The zero-order chi connectivity index (χ0) is 21.9. The molecule has 2 aromatic rings. The Morgan fingerprint density at radius 3 is 2.40 bits per heavy atom. The van der Waals surface area contributed by atoms with Crippen LogP contribution in [-0.4, -0.2) is 50.0 Å². The van der Waals surface area contributed by atoms with Gasteiger partial charge in [-0.25, -0.2) is 8.42 Å². The van der Waals surface area contributed by atoms with Gasteiger partial charge in [-0.2, -0.15) is 4.31 Å². The summed E-state index contributed by atoms with van der Waals surface area (Å²) in [6, 6.07) is 4.99. The van der Waals surface area contributed by atoms with Crippen LogP contribution in [0.25, 0.3) is 0 Å². The molecule has 1 saturated heterocycles. The van der Waals surface area contributed by atoms with Gasteiger partial charge in [-0.15, -0.1) is 0 Å². The number of nitrogens with zero attached hydrogens (tertiary/aromatic N) is 3. The molecule has 1 N–H and O–H groups in total. The maximum atomic E-state index is 13.0. The average molecular weight is 435 g/mol. The topological polar surface area (TPSA) is 95.8 Å². The van der Waals surface area contributed by atoms with E-state index in [0.717, 1.165) is 31.6 Å². The van der Waals surface area contributed by atoms with Gasteiger partial charge < -0.3 is 14.7 Å². The van der Waals surface area contributed by atoms with Crippen LogP contribution in [0.1, 0.15) is 54.9 Å². The molecule has 8 nitrogen and oxygen atoms in total. The Morgan fingerprint density at radius 1 is 1.17 bits per heavy atom. The molecule has 2 heterocycles. The molecule has 1 aliphatic heterocycles. The summed E-state index contributed by atoms with van der Waals surface area (Å²) in [6.07, 6.45) is 3.30. The quantitative estimate of drug-likeness (QED) is 0.716. The third kappa shape index (κ3) is 4.37. The molecule has 30 heavy (non-hydrogen) atoms. The Bertz CT molecular complexity index is 987. The van der Waals surface area contributed by atoms with Gasteiger partial charge in [0.25, 0.3) is 5.91 Å². The lowest BCUT2D eigenvalue weighted by atomic mass is 10.1. The number of rotatable bonds is 7. The molecule has 1 aromatic carbocycles. The molecule has 0 atom stereocenters. The largest absolute Gasteiger partial charge is 0.370 e. The van der Waals surface area contributed by atoms with E-state index in [9.17, 15) is 13.2 Å². The van der Waals surface area contributed by atoms with Gasteiger partial charge in [-0.05, 0) is 51.3 Å². The zero-order valence-electron chi connectivity index (χ0n) is 18.1. The van der Waals surface area contributed by atoms with Gasteiger partial charge >= 0.3 is 0 Å². The van der Waals surface area contributed by atoms with Crippen molar-refractivity contribution in [2.75, 3.05) is 36.4 Å². The Balaban J connectivity index is 2.03. The molecular weight excluding hydrogens is 404 g/mol. The maximum absolute atomic E-state index is 13.0. The number of amides is 1. The van der Waals surface area contributed by atoms with Crippen LogP contribution >= 0.6 is 0 Å². The Labute approximate surface area is 178 Å². The lowest BCUT2D eigenvalue weighted by Crippen LogP contribution is -2.32. The van der Waals surface area contributed by atoms with Crippen LogP contribution in [0.2, 0.25) is 0 Å². The number of carbonyl (C=O) groups excluding carboxylic acids is 1. The first-order valence-electron chi connectivity index (χ1n) is 10.4. The zero-order valence-corrected chi connectivity index (χ0v) is 18.9. The number of carbonyl (C=O) groups is 1. The first-order chi connectivity index (χ1) is 14.3. The average Bonchev–Trinajstić information content (AvgIpc) is 3.07. The van der Waals surface area contributed by atoms with Crippen LogP contribution < -0.4 is 10.2 Å². The van der Waals surface area contributed by atoms with Crippen molar-refractivity contribution < 1.29 is 17.7 Å². The fraction of sp³-hybridized carbons (Fsp3) is 0.524. The summed E-state index contributed by atoms with van der Waals surface area (Å²) < 4.78 is 32.6. The van der Waals surface area contributed by atoms with Gasteiger partial charge in [-0.3, -0.25) is 4.79 Å². The van der Waals surface area contributed by atoms with Gasteiger partial charge in [-0.1, -0.05) is 19.0 Å². The number of hydrogen-bond donors (Lipinski definition) is 1. The summed E-state index contributed by atoms with van der Waals surface area (Å²) in [6.45, 7) is 9.51. The smallest absolute Gasteiger partial charge is 0.261 e. The van der Waals surface area contributed by atoms with E-state index < -0.39 is 10.0 Å². The van der Waals surface area contributed by atoms with Crippen LogP contribution in [0.5, 0.6) is 0 Å². The van der Waals surface area contributed by atoms with E-state index in [0.29, 0.717) is 35.8 Å². The van der Waals surface area contributed by atoms with Crippen molar-refractivity contribution in [3.8, 4) is 0 Å². The Hall–Kier alpha value is -2.39. The van der Waals surface area contributed by atoms with Crippen molar-refractivity contribution >= 4 is 27.3 Å². The molecule has 0 saturated carbocycles. The summed E-state index contributed by atoms with van der Waals surface area (Å²) in [7, 11) is -3.64. The molecule has 0 bridgehead atoms. The van der Waals surface area contributed by atoms with Gasteiger partial charge in [0.05, 0.1) is 22.0 Å². The highest BCUT2D eigenvalue weighted by molar-refractivity contribution is 7.89. The Kier molecular flexibility index (Phi) is 6.82. The van der Waals surface area contributed by atoms with E-state index in [1.807, 2.05) is 13.8 Å². The van der Waals surface area contributed by atoms with E-state index in [-0.39, 0.29) is 10.8 Å². The number of hydrogen-bond acceptors (Lipinski definition) is 6. The lowest BCUT2D eigenvalue weighted by molar-refractivity contribution is 0.102. The van der Waals surface area contributed by atoms with Crippen LogP contribution in [-0.2, 0) is 10.0 Å². The third-order valence-electron chi connectivity index (χ3n) is 5.52. The normalized spacial score (nSPS) is 14.9. The number of sulfonamides is 1. The monoisotopic (exact) mass is 434 g/mol. The first kappa shape index (κ1) is 22.3. The molecule has 164 valence electrons. The van der Waals surface area contributed by atoms with Crippen molar-refractivity contribution in [3.05, 3.63) is 35.2 Å². The predicted molar refractivity (Wildman–Crippen MR) is 117 cm³/mol. The van der Waals surface area contributed by atoms with Gasteiger partial charge in [0, 0.05) is 26.2 Å². The second-order valence-electron chi connectivity index (χ2n) is 7.47.